The third-order valence-electron chi connectivity index (χ3n) is 5.76. The number of pyridine rings is 2. The van der Waals surface area contributed by atoms with Crippen LogP contribution in [0, 0.1) is 0 Å². The maximum absolute atomic E-state index is 4.51. The second-order valence-electron chi connectivity index (χ2n) is 7.61. The molecule has 1 aliphatic heterocycles. The van der Waals surface area contributed by atoms with Crippen LogP contribution in [0.2, 0.25) is 0 Å². The van der Waals surface area contributed by atoms with E-state index in [1.807, 2.05) is 30.7 Å². The van der Waals surface area contributed by atoms with E-state index in [9.17, 15) is 0 Å². The molecule has 0 bridgehead atoms. The molecule has 0 saturated carbocycles. The van der Waals surface area contributed by atoms with Crippen LogP contribution in [0.5, 0.6) is 0 Å². The van der Waals surface area contributed by atoms with Gasteiger partial charge in [0.1, 0.15) is 0 Å². The van der Waals surface area contributed by atoms with Crippen LogP contribution in [0.25, 0.3) is 22.0 Å². The molecular formula is C24H27Cl3N4. The molecule has 0 N–H and O–H groups in total. The van der Waals surface area contributed by atoms with Crippen LogP contribution in [0.1, 0.15) is 17.0 Å². The summed E-state index contributed by atoms with van der Waals surface area (Å²) in [6, 6.07) is 17.2. The number of hydrogen-bond acceptors (Lipinski definition) is 3. The first-order valence-corrected chi connectivity index (χ1v) is 9.92. The van der Waals surface area contributed by atoms with Gasteiger partial charge in [-0.3, -0.25) is 9.97 Å². The molecule has 1 aromatic carbocycles. The van der Waals surface area contributed by atoms with Crippen molar-refractivity contribution in [1.29, 1.82) is 0 Å². The number of halogens is 3. The van der Waals surface area contributed by atoms with Crippen molar-refractivity contribution >= 4 is 48.1 Å². The number of nitrogens with zero attached hydrogens (tertiary/aromatic N) is 4. The van der Waals surface area contributed by atoms with Crippen molar-refractivity contribution in [2.45, 2.75) is 25.9 Å². The lowest BCUT2D eigenvalue weighted by molar-refractivity contribution is 0.309. The average molecular weight is 478 g/mol. The van der Waals surface area contributed by atoms with E-state index in [0.717, 1.165) is 38.2 Å². The number of aromatic nitrogens is 3. The predicted octanol–water partition coefficient (Wildman–Crippen LogP) is 5.59. The fourth-order valence-electron chi connectivity index (χ4n) is 4.33. The highest BCUT2D eigenvalue weighted by atomic mass is 35.5. The molecular weight excluding hydrogens is 451 g/mol. The van der Waals surface area contributed by atoms with Gasteiger partial charge in [0.25, 0.3) is 0 Å². The molecule has 1 aliphatic rings. The lowest BCUT2D eigenvalue weighted by Crippen LogP contribution is -2.27. The lowest BCUT2D eigenvalue weighted by Gasteiger charge is -2.24. The summed E-state index contributed by atoms with van der Waals surface area (Å²) in [6.45, 7) is 3.10. The Morgan fingerprint density at radius 2 is 1.81 bits per heavy atom. The van der Waals surface area contributed by atoms with Crippen LogP contribution in [0.3, 0.4) is 0 Å². The van der Waals surface area contributed by atoms with E-state index in [2.05, 4.69) is 62.9 Å². The molecule has 4 aromatic rings. The van der Waals surface area contributed by atoms with E-state index in [4.69, 9.17) is 0 Å². The second kappa shape index (κ2) is 11.0. The minimum absolute atomic E-state index is 0. The molecule has 0 saturated heterocycles. The van der Waals surface area contributed by atoms with Gasteiger partial charge in [-0.25, -0.2) is 0 Å². The van der Waals surface area contributed by atoms with Gasteiger partial charge in [0.2, 0.25) is 0 Å². The van der Waals surface area contributed by atoms with E-state index in [1.54, 1.807) is 0 Å². The van der Waals surface area contributed by atoms with Crippen LogP contribution >= 0.6 is 37.2 Å². The van der Waals surface area contributed by atoms with Gasteiger partial charge < -0.3 is 9.47 Å². The van der Waals surface area contributed by atoms with E-state index in [-0.39, 0.29) is 37.2 Å². The standard InChI is InChI=1S/C24H24N4.3ClH/c1-27-13-10-24-22(17-27)21-15-18(19-5-4-11-25-16-19)7-8-23(21)28(24)14-9-20-6-2-3-12-26-20;;;/h2-8,11-12,15-16H,9-10,13-14,17H2,1H3;3*1H. The minimum atomic E-state index is 0. The molecule has 4 nitrogen and oxygen atoms in total. The zero-order valence-corrected chi connectivity index (χ0v) is 19.8. The molecule has 0 atom stereocenters. The van der Waals surface area contributed by atoms with Crippen LogP contribution in [0.4, 0.5) is 0 Å². The maximum atomic E-state index is 4.51. The maximum Gasteiger partial charge on any atom is 0.0486 e. The van der Waals surface area contributed by atoms with Gasteiger partial charge in [-0.15, -0.1) is 37.2 Å². The summed E-state index contributed by atoms with van der Waals surface area (Å²) in [7, 11) is 2.21. The Hall–Kier alpha value is -2.11. The zero-order valence-electron chi connectivity index (χ0n) is 17.4. The topological polar surface area (TPSA) is 34.0 Å². The number of likely N-dealkylation sites (N-methyl/N-ethyl adjacent to an activating group) is 1. The molecule has 0 spiro atoms. The molecule has 0 amide bonds. The molecule has 164 valence electrons. The Balaban J connectivity index is 0.00000114. The van der Waals surface area contributed by atoms with Crippen LogP contribution in [-0.2, 0) is 25.9 Å². The van der Waals surface area contributed by atoms with Crippen LogP contribution in [-0.4, -0.2) is 33.0 Å². The third kappa shape index (κ3) is 5.04. The lowest BCUT2D eigenvalue weighted by atomic mass is 10.0. The van der Waals surface area contributed by atoms with Crippen molar-refractivity contribution in [2.75, 3.05) is 13.6 Å². The van der Waals surface area contributed by atoms with Crippen molar-refractivity contribution in [2.24, 2.45) is 0 Å². The molecule has 4 heterocycles. The van der Waals surface area contributed by atoms with Crippen molar-refractivity contribution in [1.82, 2.24) is 19.4 Å². The Bertz CT molecular complexity index is 1110. The van der Waals surface area contributed by atoms with Gasteiger partial charge >= 0.3 is 0 Å². The van der Waals surface area contributed by atoms with Crippen molar-refractivity contribution in [3.05, 3.63) is 84.1 Å². The smallest absolute Gasteiger partial charge is 0.0486 e. The van der Waals surface area contributed by atoms with Gasteiger partial charge in [-0.1, -0.05) is 18.2 Å². The van der Waals surface area contributed by atoms with Gasteiger partial charge in [-0.2, -0.15) is 0 Å². The summed E-state index contributed by atoms with van der Waals surface area (Å²) in [5.41, 5.74) is 7.87. The summed E-state index contributed by atoms with van der Waals surface area (Å²) in [4.78, 5) is 11.2. The van der Waals surface area contributed by atoms with E-state index in [0.29, 0.717) is 0 Å². The van der Waals surface area contributed by atoms with Gasteiger partial charge in [0.05, 0.1) is 0 Å². The normalized spacial score (nSPS) is 12.9. The van der Waals surface area contributed by atoms with Gasteiger partial charge in [0.15, 0.2) is 0 Å². The first kappa shape index (κ1) is 25.2. The minimum Gasteiger partial charge on any atom is -0.344 e. The largest absolute Gasteiger partial charge is 0.344 e. The molecule has 0 radical (unpaired) electrons. The molecule has 31 heavy (non-hydrogen) atoms. The molecule has 0 unspecified atom stereocenters. The molecule has 7 heteroatoms. The quantitative estimate of drug-likeness (QED) is 0.384. The fourth-order valence-corrected chi connectivity index (χ4v) is 4.33. The fraction of sp³-hybridized carbons (Fsp3) is 0.250. The first-order valence-electron chi connectivity index (χ1n) is 9.92. The average Bonchev–Trinajstić information content (AvgIpc) is 3.06. The molecule has 0 fully saturated rings. The summed E-state index contributed by atoms with van der Waals surface area (Å²) in [5.74, 6) is 0. The van der Waals surface area contributed by atoms with E-state index >= 15 is 0 Å². The third-order valence-corrected chi connectivity index (χ3v) is 5.76. The summed E-state index contributed by atoms with van der Waals surface area (Å²) < 4.78 is 2.53. The Morgan fingerprint density at radius 3 is 2.55 bits per heavy atom. The summed E-state index contributed by atoms with van der Waals surface area (Å²) in [5, 5.41) is 1.38. The Labute approximate surface area is 201 Å². The van der Waals surface area contributed by atoms with Crippen molar-refractivity contribution in [3.8, 4) is 11.1 Å². The van der Waals surface area contributed by atoms with Crippen molar-refractivity contribution in [3.63, 3.8) is 0 Å². The number of hydrogen-bond donors (Lipinski definition) is 0. The number of fused-ring (bicyclic) bond motifs is 3. The Morgan fingerprint density at radius 1 is 0.935 bits per heavy atom. The number of aryl methyl sites for hydroxylation is 2. The number of benzene rings is 1. The van der Waals surface area contributed by atoms with Crippen LogP contribution in [0.15, 0.2) is 67.1 Å². The highest BCUT2D eigenvalue weighted by Crippen LogP contribution is 2.33. The zero-order chi connectivity index (χ0) is 18.9. The first-order chi connectivity index (χ1) is 13.8. The highest BCUT2D eigenvalue weighted by molar-refractivity contribution is 5.90. The highest BCUT2D eigenvalue weighted by Gasteiger charge is 2.22. The molecule has 3 aromatic heterocycles. The molecule has 0 aliphatic carbocycles. The van der Waals surface area contributed by atoms with Crippen LogP contribution < -0.4 is 0 Å². The Kier molecular flexibility index (Phi) is 8.90. The van der Waals surface area contributed by atoms with Gasteiger partial charge in [-0.05, 0) is 48.5 Å². The molecule has 5 rings (SSSR count). The van der Waals surface area contributed by atoms with E-state index < -0.39 is 0 Å². The van der Waals surface area contributed by atoms with Gasteiger partial charge in [0, 0.05) is 78.9 Å². The summed E-state index contributed by atoms with van der Waals surface area (Å²) >= 11 is 0. The number of rotatable bonds is 4. The van der Waals surface area contributed by atoms with E-state index in [1.165, 1.54) is 33.3 Å². The predicted molar refractivity (Wildman–Crippen MR) is 135 cm³/mol. The second-order valence-corrected chi connectivity index (χ2v) is 7.61. The summed E-state index contributed by atoms with van der Waals surface area (Å²) in [6.07, 6.45) is 7.71. The van der Waals surface area contributed by atoms with Crippen molar-refractivity contribution < 1.29 is 0 Å². The monoisotopic (exact) mass is 476 g/mol. The SMILES string of the molecule is CN1CCc2c(c3cc(-c4cccnc4)ccc3n2CCc2ccccn2)C1.Cl.Cl.Cl.